The van der Waals surface area contributed by atoms with E-state index in [0.29, 0.717) is 25.8 Å². The van der Waals surface area contributed by atoms with Gasteiger partial charge in [0.15, 0.2) is 0 Å². The molecule has 1 aliphatic rings. The fraction of sp³-hybridized carbons (Fsp3) is 0.529. The van der Waals surface area contributed by atoms with Crippen molar-refractivity contribution < 1.29 is 14.3 Å². The van der Waals surface area contributed by atoms with Crippen molar-refractivity contribution in [3.63, 3.8) is 0 Å². The normalized spacial score (nSPS) is 17.9. The first-order chi connectivity index (χ1) is 10.5. The Morgan fingerprint density at radius 3 is 2.86 bits per heavy atom. The number of hydrogen-bond acceptors (Lipinski definition) is 3. The summed E-state index contributed by atoms with van der Waals surface area (Å²) in [5.74, 6) is 0.909. The number of nitrogens with one attached hydrogen (secondary N) is 1. The lowest BCUT2D eigenvalue weighted by molar-refractivity contribution is -0.129. The molecule has 1 N–H and O–H groups in total. The van der Waals surface area contributed by atoms with Crippen LogP contribution in [0.5, 0.6) is 5.75 Å². The molecule has 1 aromatic carbocycles. The quantitative estimate of drug-likeness (QED) is 0.871. The van der Waals surface area contributed by atoms with Gasteiger partial charge in [0.1, 0.15) is 5.75 Å². The fourth-order valence-corrected chi connectivity index (χ4v) is 2.71. The van der Waals surface area contributed by atoms with Crippen molar-refractivity contribution in [1.82, 2.24) is 10.2 Å². The van der Waals surface area contributed by atoms with Crippen LogP contribution >= 0.6 is 0 Å². The molecule has 0 bridgehead atoms. The lowest BCUT2D eigenvalue weighted by Gasteiger charge is -2.21. The van der Waals surface area contributed by atoms with Gasteiger partial charge < -0.3 is 15.0 Å². The number of carbonyl (C=O) groups excluding carboxylic acids is 2. The number of ether oxygens (including phenoxy) is 1. The van der Waals surface area contributed by atoms with Gasteiger partial charge in [-0.1, -0.05) is 12.1 Å². The average Bonchev–Trinajstić information content (AvgIpc) is 2.86. The Kier molecular flexibility index (Phi) is 5.41. The summed E-state index contributed by atoms with van der Waals surface area (Å²) in [6, 6.07) is 7.84. The second-order valence-corrected chi connectivity index (χ2v) is 5.96. The number of aryl methyl sites for hydroxylation is 1. The molecule has 0 spiro atoms. The molecule has 5 heteroatoms. The summed E-state index contributed by atoms with van der Waals surface area (Å²) in [4.78, 5) is 25.7. The van der Waals surface area contributed by atoms with Crippen LogP contribution in [0, 0.1) is 0 Å². The van der Waals surface area contributed by atoms with Gasteiger partial charge in [-0.25, -0.2) is 0 Å². The first-order valence-corrected chi connectivity index (χ1v) is 7.71. The molecule has 2 amide bonds. The van der Waals surface area contributed by atoms with E-state index in [-0.39, 0.29) is 23.9 Å². The van der Waals surface area contributed by atoms with Crippen LogP contribution in [0.3, 0.4) is 0 Å². The van der Waals surface area contributed by atoms with Crippen LogP contribution in [-0.4, -0.2) is 42.5 Å². The number of benzene rings is 1. The molecule has 0 aromatic heterocycles. The Morgan fingerprint density at radius 1 is 1.45 bits per heavy atom. The second-order valence-electron chi connectivity index (χ2n) is 5.96. The van der Waals surface area contributed by atoms with E-state index in [4.69, 9.17) is 4.74 Å². The van der Waals surface area contributed by atoms with E-state index in [2.05, 4.69) is 5.32 Å². The molecule has 5 nitrogen and oxygen atoms in total. The molecule has 22 heavy (non-hydrogen) atoms. The maximum Gasteiger partial charge on any atom is 0.225 e. The molecule has 2 rings (SSSR count). The maximum absolute atomic E-state index is 12.0. The van der Waals surface area contributed by atoms with Gasteiger partial charge in [0.25, 0.3) is 0 Å². The highest BCUT2D eigenvalue weighted by Gasteiger charge is 2.31. The van der Waals surface area contributed by atoms with Gasteiger partial charge in [-0.2, -0.15) is 0 Å². The highest BCUT2D eigenvalue weighted by atomic mass is 16.5. The minimum absolute atomic E-state index is 0.00812. The Balaban J connectivity index is 1.80. The van der Waals surface area contributed by atoms with Crippen LogP contribution in [-0.2, 0) is 16.0 Å². The third-order valence-corrected chi connectivity index (χ3v) is 3.92. The number of hydrogen-bond donors (Lipinski definition) is 1. The van der Waals surface area contributed by atoms with Gasteiger partial charge in [-0.15, -0.1) is 0 Å². The fourth-order valence-electron chi connectivity index (χ4n) is 2.71. The van der Waals surface area contributed by atoms with Crippen LogP contribution in [0.2, 0.25) is 0 Å². The van der Waals surface area contributed by atoms with Gasteiger partial charge in [0.2, 0.25) is 11.8 Å². The van der Waals surface area contributed by atoms with E-state index in [1.165, 1.54) is 0 Å². The molecule has 0 radical (unpaired) electrons. The maximum atomic E-state index is 12.0. The van der Waals surface area contributed by atoms with Crippen molar-refractivity contribution in [2.45, 2.75) is 45.2 Å². The van der Waals surface area contributed by atoms with Crippen molar-refractivity contribution in [1.29, 1.82) is 0 Å². The zero-order valence-corrected chi connectivity index (χ0v) is 13.5. The molecule has 1 fully saturated rings. The molecular weight excluding hydrogens is 280 g/mol. The molecule has 120 valence electrons. The SMILES string of the molecule is COc1cccc(CCC(=O)NC2CC(=O)N(C(C)C)C2)c1. The van der Waals surface area contributed by atoms with Crippen LogP contribution in [0.4, 0.5) is 0 Å². The number of nitrogens with zero attached hydrogens (tertiary/aromatic N) is 1. The second kappa shape index (κ2) is 7.29. The minimum Gasteiger partial charge on any atom is -0.497 e. The first kappa shape index (κ1) is 16.3. The summed E-state index contributed by atoms with van der Waals surface area (Å²) in [6.45, 7) is 4.59. The average molecular weight is 304 g/mol. The standard InChI is InChI=1S/C17H24N2O3/c1-12(2)19-11-14(10-17(19)21)18-16(20)8-7-13-5-4-6-15(9-13)22-3/h4-6,9,12,14H,7-8,10-11H2,1-3H3,(H,18,20). The van der Waals surface area contributed by atoms with Crippen molar-refractivity contribution >= 4 is 11.8 Å². The van der Waals surface area contributed by atoms with Crippen molar-refractivity contribution in [2.75, 3.05) is 13.7 Å². The van der Waals surface area contributed by atoms with Crippen LogP contribution in [0.25, 0.3) is 0 Å². The summed E-state index contributed by atoms with van der Waals surface area (Å²) in [5, 5.41) is 2.96. The van der Waals surface area contributed by atoms with Crippen LogP contribution < -0.4 is 10.1 Å². The van der Waals surface area contributed by atoms with Gasteiger partial charge >= 0.3 is 0 Å². The number of carbonyl (C=O) groups is 2. The number of likely N-dealkylation sites (tertiary alicyclic amines) is 1. The molecular formula is C17H24N2O3. The van der Waals surface area contributed by atoms with Gasteiger partial charge in [-0.05, 0) is 38.0 Å². The van der Waals surface area contributed by atoms with Crippen LogP contribution in [0.15, 0.2) is 24.3 Å². The van der Waals surface area contributed by atoms with Crippen molar-refractivity contribution in [3.8, 4) is 5.75 Å². The lowest BCUT2D eigenvalue weighted by atomic mass is 10.1. The lowest BCUT2D eigenvalue weighted by Crippen LogP contribution is -2.38. The zero-order chi connectivity index (χ0) is 16.1. The van der Waals surface area contributed by atoms with E-state index >= 15 is 0 Å². The van der Waals surface area contributed by atoms with Gasteiger partial charge in [0, 0.05) is 25.4 Å². The molecule has 1 heterocycles. The van der Waals surface area contributed by atoms with Crippen molar-refractivity contribution in [3.05, 3.63) is 29.8 Å². The molecule has 0 saturated carbocycles. The molecule has 0 aliphatic carbocycles. The third-order valence-electron chi connectivity index (χ3n) is 3.92. The van der Waals surface area contributed by atoms with Gasteiger partial charge in [-0.3, -0.25) is 9.59 Å². The first-order valence-electron chi connectivity index (χ1n) is 7.71. The van der Waals surface area contributed by atoms with Gasteiger partial charge in [0.05, 0.1) is 13.2 Å². The monoisotopic (exact) mass is 304 g/mol. The Morgan fingerprint density at radius 2 is 2.23 bits per heavy atom. The molecule has 1 aromatic rings. The Hall–Kier alpha value is -2.04. The number of rotatable bonds is 6. The summed E-state index contributed by atoms with van der Waals surface area (Å²) >= 11 is 0. The minimum atomic E-state index is -0.0623. The summed E-state index contributed by atoms with van der Waals surface area (Å²) < 4.78 is 5.17. The zero-order valence-electron chi connectivity index (χ0n) is 13.5. The predicted octanol–water partition coefficient (Wildman–Crippen LogP) is 1.75. The Labute approximate surface area is 131 Å². The summed E-state index contributed by atoms with van der Waals surface area (Å²) in [7, 11) is 1.63. The van der Waals surface area contributed by atoms with E-state index in [1.54, 1.807) is 7.11 Å². The number of methoxy groups -OCH3 is 1. The predicted molar refractivity (Wildman–Crippen MR) is 84.7 cm³/mol. The van der Waals surface area contributed by atoms with E-state index in [9.17, 15) is 9.59 Å². The highest BCUT2D eigenvalue weighted by Crippen LogP contribution is 2.16. The van der Waals surface area contributed by atoms with E-state index < -0.39 is 0 Å². The third kappa shape index (κ3) is 4.23. The molecule has 1 unspecified atom stereocenters. The molecule has 1 saturated heterocycles. The largest absolute Gasteiger partial charge is 0.497 e. The number of amides is 2. The molecule has 1 atom stereocenters. The summed E-state index contributed by atoms with van der Waals surface area (Å²) in [5.41, 5.74) is 1.07. The Bertz CT molecular complexity index is 542. The van der Waals surface area contributed by atoms with E-state index in [0.717, 1.165) is 11.3 Å². The molecule has 1 aliphatic heterocycles. The topological polar surface area (TPSA) is 58.6 Å². The smallest absolute Gasteiger partial charge is 0.225 e. The summed E-state index contributed by atoms with van der Waals surface area (Å²) in [6.07, 6.45) is 1.49. The van der Waals surface area contributed by atoms with E-state index in [1.807, 2.05) is 43.0 Å². The van der Waals surface area contributed by atoms with Crippen molar-refractivity contribution in [2.24, 2.45) is 0 Å². The highest BCUT2D eigenvalue weighted by molar-refractivity contribution is 5.82. The van der Waals surface area contributed by atoms with Crippen LogP contribution in [0.1, 0.15) is 32.3 Å².